The van der Waals surface area contributed by atoms with E-state index in [1.807, 2.05) is 24.3 Å². The highest BCUT2D eigenvalue weighted by Crippen LogP contribution is 2.45. The van der Waals surface area contributed by atoms with E-state index < -0.39 is 5.97 Å². The molecule has 5 nitrogen and oxygen atoms in total. The third-order valence-electron chi connectivity index (χ3n) is 7.02. The first-order valence-electron chi connectivity index (χ1n) is 10.5. The highest BCUT2D eigenvalue weighted by atomic mass is 16.6. The molecule has 0 bridgehead atoms. The lowest BCUT2D eigenvalue weighted by molar-refractivity contribution is -0.143. The molecule has 2 fully saturated rings. The van der Waals surface area contributed by atoms with E-state index in [-0.39, 0.29) is 24.0 Å². The van der Waals surface area contributed by atoms with Crippen LogP contribution in [0.2, 0.25) is 0 Å². The minimum Gasteiger partial charge on any atom is -0.481 e. The van der Waals surface area contributed by atoms with Gasteiger partial charge in [-0.3, -0.25) is 4.79 Å². The molecule has 1 amide bonds. The van der Waals surface area contributed by atoms with Gasteiger partial charge in [-0.1, -0.05) is 48.5 Å². The van der Waals surface area contributed by atoms with Crippen molar-refractivity contribution in [2.24, 2.45) is 11.8 Å². The van der Waals surface area contributed by atoms with Gasteiger partial charge in [-0.2, -0.15) is 0 Å². The van der Waals surface area contributed by atoms with Gasteiger partial charge in [0.25, 0.3) is 0 Å². The van der Waals surface area contributed by atoms with Gasteiger partial charge < -0.3 is 14.7 Å². The van der Waals surface area contributed by atoms with Crippen molar-refractivity contribution in [3.05, 3.63) is 59.7 Å². The van der Waals surface area contributed by atoms with Gasteiger partial charge in [0.05, 0.1) is 5.92 Å². The number of carbonyl (C=O) groups is 2. The molecule has 5 rings (SSSR count). The van der Waals surface area contributed by atoms with E-state index in [2.05, 4.69) is 24.3 Å². The minimum atomic E-state index is -0.747. The summed E-state index contributed by atoms with van der Waals surface area (Å²) in [5.41, 5.74) is 4.82. The lowest BCUT2D eigenvalue weighted by atomic mass is 9.79. The van der Waals surface area contributed by atoms with E-state index in [0.29, 0.717) is 25.5 Å². The van der Waals surface area contributed by atoms with Crippen molar-refractivity contribution in [1.82, 2.24) is 4.90 Å². The number of benzene rings is 2. The topological polar surface area (TPSA) is 66.8 Å². The van der Waals surface area contributed by atoms with Crippen LogP contribution in [0.25, 0.3) is 11.1 Å². The summed E-state index contributed by atoms with van der Waals surface area (Å²) in [6.45, 7) is 0.974. The quantitative estimate of drug-likeness (QED) is 0.836. The van der Waals surface area contributed by atoms with Gasteiger partial charge >= 0.3 is 12.1 Å². The number of carboxylic acids is 1. The molecule has 2 aromatic carbocycles. The Balaban J connectivity index is 1.31. The molecular formula is C24H25NO4. The zero-order valence-electron chi connectivity index (χ0n) is 16.3. The molecule has 29 heavy (non-hydrogen) atoms. The molecule has 1 saturated heterocycles. The predicted octanol–water partition coefficient (Wildman–Crippen LogP) is 4.51. The van der Waals surface area contributed by atoms with Crippen molar-refractivity contribution >= 4 is 12.1 Å². The Bertz CT molecular complexity index is 910. The maximum absolute atomic E-state index is 12.9. The standard InChI is InChI=1S/C24H25NO4/c26-23(27)16-10-9-15-11-12-25(22(15)13-16)24(28)29-14-21-19-7-3-1-5-17(19)18-6-2-4-8-20(18)21/h1-8,15-16,21-22H,9-14H2,(H,26,27)/t15-,16?,22-/m1/s1. The van der Waals surface area contributed by atoms with Crippen LogP contribution in [0.1, 0.15) is 42.7 Å². The highest BCUT2D eigenvalue weighted by molar-refractivity contribution is 5.79. The van der Waals surface area contributed by atoms with Crippen LogP contribution in [0.15, 0.2) is 48.5 Å². The highest BCUT2D eigenvalue weighted by Gasteiger charge is 2.43. The zero-order valence-corrected chi connectivity index (χ0v) is 16.3. The number of carboxylic acid groups (broad SMARTS) is 1. The van der Waals surface area contributed by atoms with Crippen molar-refractivity contribution in [2.75, 3.05) is 13.2 Å². The van der Waals surface area contributed by atoms with Gasteiger partial charge in [-0.25, -0.2) is 4.79 Å². The molecular weight excluding hydrogens is 366 g/mol. The molecule has 1 N–H and O–H groups in total. The Labute approximate surface area is 170 Å². The molecule has 0 radical (unpaired) electrons. The average molecular weight is 391 g/mol. The number of amides is 1. The molecule has 3 atom stereocenters. The zero-order chi connectivity index (χ0) is 20.0. The van der Waals surface area contributed by atoms with Crippen molar-refractivity contribution in [3.63, 3.8) is 0 Å². The number of nitrogens with zero attached hydrogens (tertiary/aromatic N) is 1. The SMILES string of the molecule is O=C(O)C1CC[C@@H]2CCN(C(=O)OCC3c4ccccc4-c4ccccc43)[C@@H]2C1. The molecule has 1 saturated carbocycles. The first kappa shape index (κ1) is 18.2. The number of aliphatic carboxylic acids is 1. The number of likely N-dealkylation sites (tertiary alicyclic amines) is 1. The molecule has 2 aliphatic carbocycles. The molecule has 0 spiro atoms. The summed E-state index contributed by atoms with van der Waals surface area (Å²) in [6.07, 6.45) is 2.79. The molecule has 2 aromatic rings. The van der Waals surface area contributed by atoms with E-state index in [4.69, 9.17) is 4.74 Å². The van der Waals surface area contributed by atoms with E-state index in [1.165, 1.54) is 22.3 Å². The van der Waals surface area contributed by atoms with E-state index in [0.717, 1.165) is 19.3 Å². The molecule has 5 heteroatoms. The number of carbonyl (C=O) groups excluding carboxylic acids is 1. The van der Waals surface area contributed by atoms with Crippen molar-refractivity contribution < 1.29 is 19.4 Å². The smallest absolute Gasteiger partial charge is 0.410 e. The number of fused-ring (bicyclic) bond motifs is 4. The van der Waals surface area contributed by atoms with Gasteiger partial charge in [0, 0.05) is 18.5 Å². The van der Waals surface area contributed by atoms with Crippen LogP contribution in [-0.2, 0) is 9.53 Å². The van der Waals surface area contributed by atoms with E-state index >= 15 is 0 Å². The maximum Gasteiger partial charge on any atom is 0.410 e. The van der Waals surface area contributed by atoms with E-state index in [1.54, 1.807) is 4.90 Å². The fourth-order valence-electron chi connectivity index (χ4n) is 5.53. The Kier molecular flexibility index (Phi) is 4.53. The van der Waals surface area contributed by atoms with Crippen molar-refractivity contribution in [2.45, 2.75) is 37.6 Å². The average Bonchev–Trinajstić information content (AvgIpc) is 3.31. The second-order valence-electron chi connectivity index (χ2n) is 8.46. The van der Waals surface area contributed by atoms with E-state index in [9.17, 15) is 14.7 Å². The molecule has 1 aliphatic heterocycles. The van der Waals surface area contributed by atoms with Gasteiger partial charge in [-0.15, -0.1) is 0 Å². The summed E-state index contributed by atoms with van der Waals surface area (Å²) in [5, 5.41) is 9.38. The van der Waals surface area contributed by atoms with Crippen LogP contribution >= 0.6 is 0 Å². The summed E-state index contributed by atoms with van der Waals surface area (Å²) in [4.78, 5) is 26.1. The fraction of sp³-hybridized carbons (Fsp3) is 0.417. The van der Waals surface area contributed by atoms with Crippen LogP contribution in [-0.4, -0.2) is 41.3 Å². The number of rotatable bonds is 3. The van der Waals surface area contributed by atoms with Crippen molar-refractivity contribution in [1.29, 1.82) is 0 Å². The first-order valence-corrected chi connectivity index (χ1v) is 10.5. The third-order valence-corrected chi connectivity index (χ3v) is 7.02. The number of hydrogen-bond acceptors (Lipinski definition) is 3. The van der Waals surface area contributed by atoms with Gasteiger partial charge in [0.15, 0.2) is 0 Å². The monoisotopic (exact) mass is 391 g/mol. The molecule has 3 aliphatic rings. The van der Waals surface area contributed by atoms with Gasteiger partial charge in [0.1, 0.15) is 6.61 Å². The summed E-state index contributed by atoms with van der Waals surface area (Å²) in [7, 11) is 0. The van der Waals surface area contributed by atoms with Gasteiger partial charge in [0.2, 0.25) is 0 Å². The molecule has 1 heterocycles. The predicted molar refractivity (Wildman–Crippen MR) is 109 cm³/mol. The summed E-state index contributed by atoms with van der Waals surface area (Å²) in [5.74, 6) is -0.643. The lowest BCUT2D eigenvalue weighted by Gasteiger charge is -2.34. The largest absolute Gasteiger partial charge is 0.481 e. The molecule has 1 unspecified atom stereocenters. The Hall–Kier alpha value is -2.82. The molecule has 0 aromatic heterocycles. The third kappa shape index (κ3) is 3.09. The number of ether oxygens (including phenoxy) is 1. The van der Waals surface area contributed by atoms with Crippen LogP contribution in [0.3, 0.4) is 0 Å². The first-order chi connectivity index (χ1) is 14.1. The van der Waals surface area contributed by atoms with Gasteiger partial charge in [-0.05, 0) is 53.9 Å². The Morgan fingerprint density at radius 2 is 1.62 bits per heavy atom. The van der Waals surface area contributed by atoms with Crippen LogP contribution in [0.4, 0.5) is 4.79 Å². The second-order valence-corrected chi connectivity index (χ2v) is 8.46. The minimum absolute atomic E-state index is 0.000463. The number of hydrogen-bond donors (Lipinski definition) is 1. The fourth-order valence-corrected chi connectivity index (χ4v) is 5.53. The second kappa shape index (κ2) is 7.21. The maximum atomic E-state index is 12.9. The normalized spacial score (nSPS) is 25.2. The summed E-state index contributed by atoms with van der Waals surface area (Å²) < 4.78 is 5.81. The van der Waals surface area contributed by atoms with Crippen LogP contribution in [0, 0.1) is 11.8 Å². The van der Waals surface area contributed by atoms with Crippen molar-refractivity contribution in [3.8, 4) is 11.1 Å². The van der Waals surface area contributed by atoms with Crippen LogP contribution in [0.5, 0.6) is 0 Å². The lowest BCUT2D eigenvalue weighted by Crippen LogP contribution is -2.43. The Morgan fingerprint density at radius 3 is 2.28 bits per heavy atom. The molecule has 150 valence electrons. The Morgan fingerprint density at radius 1 is 0.966 bits per heavy atom. The summed E-state index contributed by atoms with van der Waals surface area (Å²) >= 11 is 0. The summed E-state index contributed by atoms with van der Waals surface area (Å²) in [6, 6.07) is 16.6. The van der Waals surface area contributed by atoms with Crippen LogP contribution < -0.4 is 0 Å².